The third-order valence-electron chi connectivity index (χ3n) is 4.80. The molecule has 0 spiro atoms. The molecular formula is C18H18N4O2S. The van der Waals surface area contributed by atoms with Gasteiger partial charge < -0.3 is 4.90 Å². The van der Waals surface area contributed by atoms with Gasteiger partial charge in [0.2, 0.25) is 0 Å². The number of hydrogen-bond donors (Lipinski definition) is 1. The molecule has 0 amide bonds. The zero-order valence-electron chi connectivity index (χ0n) is 13.6. The average Bonchev–Trinajstić information content (AvgIpc) is 3.09. The standard InChI is InChI=1S/C18H18N4O2S/c19-13-21-9-8-17(12-21)22-11-16-10-15(14-4-2-1-3-5-14)6-7-18(16)20-25(22,23)24/h1-7,10,17,20H,8-9,11-12H2/t17-/m1/s1. The van der Waals surface area contributed by atoms with Gasteiger partial charge in [-0.05, 0) is 35.2 Å². The van der Waals surface area contributed by atoms with Crippen molar-refractivity contribution in [1.29, 1.82) is 5.26 Å². The SMILES string of the molecule is N#CN1CC[C@@H](N2Cc3cc(-c4ccccc4)ccc3NS2(=O)=O)C1. The molecule has 0 radical (unpaired) electrons. The van der Waals surface area contributed by atoms with Crippen molar-refractivity contribution in [2.24, 2.45) is 0 Å². The van der Waals surface area contributed by atoms with Crippen LogP contribution in [0.2, 0.25) is 0 Å². The summed E-state index contributed by atoms with van der Waals surface area (Å²) in [6.07, 6.45) is 2.77. The van der Waals surface area contributed by atoms with Crippen LogP contribution in [0, 0.1) is 11.5 Å². The predicted molar refractivity (Wildman–Crippen MR) is 95.6 cm³/mol. The summed E-state index contributed by atoms with van der Waals surface area (Å²) in [7, 11) is -3.58. The van der Waals surface area contributed by atoms with Crippen LogP contribution in [0.3, 0.4) is 0 Å². The highest BCUT2D eigenvalue weighted by Gasteiger charge is 2.38. The van der Waals surface area contributed by atoms with Crippen LogP contribution in [-0.2, 0) is 16.8 Å². The molecule has 6 nitrogen and oxygen atoms in total. The van der Waals surface area contributed by atoms with Crippen LogP contribution < -0.4 is 4.72 Å². The van der Waals surface area contributed by atoms with Crippen molar-refractivity contribution in [3.8, 4) is 17.3 Å². The minimum atomic E-state index is -3.58. The molecule has 2 heterocycles. The van der Waals surface area contributed by atoms with Crippen LogP contribution in [0.1, 0.15) is 12.0 Å². The number of anilines is 1. The summed E-state index contributed by atoms with van der Waals surface area (Å²) in [5.74, 6) is 0. The van der Waals surface area contributed by atoms with Crippen molar-refractivity contribution in [1.82, 2.24) is 9.21 Å². The van der Waals surface area contributed by atoms with Crippen LogP contribution in [0.4, 0.5) is 5.69 Å². The third kappa shape index (κ3) is 2.95. The van der Waals surface area contributed by atoms with Gasteiger partial charge in [0.05, 0.1) is 5.69 Å². The van der Waals surface area contributed by atoms with Crippen molar-refractivity contribution in [3.63, 3.8) is 0 Å². The maximum atomic E-state index is 12.6. The Kier molecular flexibility index (Phi) is 3.86. The molecule has 0 unspecified atom stereocenters. The summed E-state index contributed by atoms with van der Waals surface area (Å²) in [5, 5.41) is 9.02. The molecule has 128 valence electrons. The first kappa shape index (κ1) is 15.9. The molecule has 2 aliphatic rings. The molecule has 2 aromatic carbocycles. The Morgan fingerprint density at radius 3 is 2.64 bits per heavy atom. The Morgan fingerprint density at radius 1 is 1.12 bits per heavy atom. The van der Waals surface area contributed by atoms with Gasteiger partial charge in [-0.3, -0.25) is 4.72 Å². The lowest BCUT2D eigenvalue weighted by Gasteiger charge is -2.33. The molecule has 1 N–H and O–H groups in total. The van der Waals surface area contributed by atoms with E-state index in [0.29, 0.717) is 31.7 Å². The lowest BCUT2D eigenvalue weighted by Crippen LogP contribution is -2.46. The second-order valence-corrected chi connectivity index (χ2v) is 8.00. The zero-order valence-corrected chi connectivity index (χ0v) is 14.4. The fourth-order valence-corrected chi connectivity index (χ4v) is 4.95. The molecule has 25 heavy (non-hydrogen) atoms. The Bertz CT molecular complexity index is 937. The maximum Gasteiger partial charge on any atom is 0.302 e. The monoisotopic (exact) mass is 354 g/mol. The summed E-state index contributed by atoms with van der Waals surface area (Å²) in [5.41, 5.74) is 3.74. The largest absolute Gasteiger partial charge is 0.309 e. The molecule has 1 saturated heterocycles. The van der Waals surface area contributed by atoms with Gasteiger partial charge in [0.15, 0.2) is 6.19 Å². The highest BCUT2D eigenvalue weighted by atomic mass is 32.2. The molecule has 1 fully saturated rings. The van der Waals surface area contributed by atoms with E-state index in [1.165, 1.54) is 4.31 Å². The predicted octanol–water partition coefficient (Wildman–Crippen LogP) is 2.38. The van der Waals surface area contributed by atoms with Gasteiger partial charge >= 0.3 is 10.2 Å². The molecule has 0 aliphatic carbocycles. The smallest absolute Gasteiger partial charge is 0.302 e. The highest BCUT2D eigenvalue weighted by molar-refractivity contribution is 7.90. The third-order valence-corrected chi connectivity index (χ3v) is 6.32. The Labute approximate surface area is 147 Å². The quantitative estimate of drug-likeness (QED) is 0.840. The first-order valence-corrected chi connectivity index (χ1v) is 9.63. The first-order chi connectivity index (χ1) is 12.1. The van der Waals surface area contributed by atoms with E-state index in [1.54, 1.807) is 4.90 Å². The van der Waals surface area contributed by atoms with E-state index in [9.17, 15) is 8.42 Å². The minimum absolute atomic E-state index is 0.175. The molecule has 4 rings (SSSR count). The molecule has 0 saturated carbocycles. The van der Waals surface area contributed by atoms with Gasteiger partial charge in [-0.15, -0.1) is 0 Å². The van der Waals surface area contributed by atoms with Crippen molar-refractivity contribution in [3.05, 3.63) is 54.1 Å². The summed E-state index contributed by atoms with van der Waals surface area (Å²) >= 11 is 0. The average molecular weight is 354 g/mol. The van der Waals surface area contributed by atoms with Crippen molar-refractivity contribution in [2.75, 3.05) is 17.8 Å². The minimum Gasteiger partial charge on any atom is -0.309 e. The lowest BCUT2D eigenvalue weighted by atomic mass is 10.0. The molecular weight excluding hydrogens is 336 g/mol. The summed E-state index contributed by atoms with van der Waals surface area (Å²) in [6.45, 7) is 1.38. The fraction of sp³-hybridized carbons (Fsp3) is 0.278. The molecule has 0 bridgehead atoms. The summed E-state index contributed by atoms with van der Waals surface area (Å²) in [6, 6.07) is 15.6. The fourth-order valence-electron chi connectivity index (χ4n) is 3.48. The van der Waals surface area contributed by atoms with Gasteiger partial charge in [-0.1, -0.05) is 36.4 Å². The number of fused-ring (bicyclic) bond motifs is 1. The lowest BCUT2D eigenvalue weighted by molar-refractivity contribution is 0.313. The second-order valence-electron chi connectivity index (χ2n) is 6.38. The van der Waals surface area contributed by atoms with E-state index in [1.807, 2.05) is 48.5 Å². The molecule has 2 aliphatic heterocycles. The van der Waals surface area contributed by atoms with Crippen LogP contribution >= 0.6 is 0 Å². The van der Waals surface area contributed by atoms with Gasteiger partial charge in [0.1, 0.15) is 0 Å². The van der Waals surface area contributed by atoms with Crippen LogP contribution in [0.15, 0.2) is 48.5 Å². The van der Waals surface area contributed by atoms with Crippen LogP contribution in [0.25, 0.3) is 11.1 Å². The highest BCUT2D eigenvalue weighted by Crippen LogP contribution is 2.33. The summed E-state index contributed by atoms with van der Waals surface area (Å²) in [4.78, 5) is 1.61. The number of nitrogens with one attached hydrogen (secondary N) is 1. The van der Waals surface area contributed by atoms with Gasteiger partial charge in [-0.25, -0.2) is 0 Å². The second kappa shape index (κ2) is 6.06. The number of benzene rings is 2. The van der Waals surface area contributed by atoms with Gasteiger partial charge in [0, 0.05) is 25.7 Å². The Balaban J connectivity index is 1.67. The van der Waals surface area contributed by atoms with Crippen molar-refractivity contribution < 1.29 is 8.42 Å². The van der Waals surface area contributed by atoms with E-state index < -0.39 is 10.2 Å². The van der Waals surface area contributed by atoms with E-state index in [4.69, 9.17) is 5.26 Å². The number of likely N-dealkylation sites (tertiary alicyclic amines) is 1. The Hall–Kier alpha value is -2.56. The molecule has 1 atom stereocenters. The number of nitriles is 1. The van der Waals surface area contributed by atoms with Crippen molar-refractivity contribution in [2.45, 2.75) is 19.0 Å². The molecule has 7 heteroatoms. The van der Waals surface area contributed by atoms with E-state index >= 15 is 0 Å². The number of hydrogen-bond acceptors (Lipinski definition) is 4. The topological polar surface area (TPSA) is 76.4 Å². The molecule has 0 aromatic heterocycles. The van der Waals surface area contributed by atoms with Gasteiger partial charge in [0.25, 0.3) is 0 Å². The number of rotatable bonds is 2. The van der Waals surface area contributed by atoms with E-state index in [-0.39, 0.29) is 6.04 Å². The van der Waals surface area contributed by atoms with Crippen LogP contribution in [0.5, 0.6) is 0 Å². The Morgan fingerprint density at radius 2 is 1.92 bits per heavy atom. The maximum absolute atomic E-state index is 12.6. The van der Waals surface area contributed by atoms with E-state index in [2.05, 4.69) is 10.9 Å². The van der Waals surface area contributed by atoms with Crippen molar-refractivity contribution >= 4 is 15.9 Å². The van der Waals surface area contributed by atoms with Crippen LogP contribution in [-0.4, -0.2) is 36.8 Å². The van der Waals surface area contributed by atoms with E-state index in [0.717, 1.165) is 16.7 Å². The summed E-state index contributed by atoms with van der Waals surface area (Å²) < 4.78 is 29.3. The zero-order chi connectivity index (χ0) is 17.4. The first-order valence-electron chi connectivity index (χ1n) is 8.19. The normalized spacial score (nSPS) is 22.0. The molecule has 2 aromatic rings. The number of nitrogens with zero attached hydrogens (tertiary/aromatic N) is 3. The van der Waals surface area contributed by atoms with Gasteiger partial charge in [-0.2, -0.15) is 18.0 Å².